The molecule has 0 rings (SSSR count). The minimum atomic E-state index is -0.742. The summed E-state index contributed by atoms with van der Waals surface area (Å²) in [7, 11) is 5.03. The third-order valence-corrected chi connectivity index (χ3v) is 2.56. The summed E-state index contributed by atoms with van der Waals surface area (Å²) < 4.78 is 10.9. The van der Waals surface area contributed by atoms with E-state index in [2.05, 4.69) is 14.7 Å². The number of nitrogens with zero attached hydrogens (tertiary/aromatic N) is 1. The number of hydrogen-bond acceptors (Lipinski definition) is 5. The standard InChI is InChI=1S/C7H13N2O3PS2/c1-4(14)8-7(10)9(13)5(15)6(11-2)12-3/h6H,13H2,1-3H3,(H,8,10,14). The second kappa shape index (κ2) is 7.14. The third-order valence-electron chi connectivity index (χ3n) is 1.37. The Labute approximate surface area is 102 Å². The molecule has 2 amide bonds. The number of rotatable bonds is 3. The third kappa shape index (κ3) is 4.90. The van der Waals surface area contributed by atoms with Crippen LogP contribution in [0.4, 0.5) is 4.79 Å². The van der Waals surface area contributed by atoms with Gasteiger partial charge in [0.15, 0.2) is 0 Å². The van der Waals surface area contributed by atoms with Gasteiger partial charge in [0, 0.05) is 14.2 Å². The second-order valence-electron chi connectivity index (χ2n) is 2.50. The molecule has 0 aliphatic carbocycles. The fourth-order valence-corrected chi connectivity index (χ4v) is 1.27. The van der Waals surface area contributed by atoms with Crippen molar-refractivity contribution < 1.29 is 14.3 Å². The van der Waals surface area contributed by atoms with E-state index in [4.69, 9.17) is 33.9 Å². The largest absolute Gasteiger partial charge is 0.350 e. The van der Waals surface area contributed by atoms with Crippen LogP contribution < -0.4 is 5.32 Å². The highest BCUT2D eigenvalue weighted by Gasteiger charge is 2.21. The Balaban J connectivity index is 4.42. The van der Waals surface area contributed by atoms with E-state index < -0.39 is 12.3 Å². The Kier molecular flexibility index (Phi) is 7.04. The van der Waals surface area contributed by atoms with E-state index in [1.807, 2.05) is 0 Å². The lowest BCUT2D eigenvalue weighted by Gasteiger charge is -2.22. The molecule has 0 aromatic carbocycles. The fourth-order valence-electron chi connectivity index (χ4n) is 0.722. The van der Waals surface area contributed by atoms with Crippen molar-refractivity contribution in [3.63, 3.8) is 0 Å². The van der Waals surface area contributed by atoms with Gasteiger partial charge in [-0.05, 0) is 16.3 Å². The zero-order valence-electron chi connectivity index (χ0n) is 8.64. The first-order valence-electron chi connectivity index (χ1n) is 3.89. The molecule has 8 heteroatoms. The summed E-state index contributed by atoms with van der Waals surface area (Å²) in [6.45, 7) is 1.60. The number of methoxy groups -OCH3 is 2. The summed E-state index contributed by atoms with van der Waals surface area (Å²) in [5.41, 5.74) is 0. The summed E-state index contributed by atoms with van der Waals surface area (Å²) in [5.74, 6) is 0. The Morgan fingerprint density at radius 3 is 2.20 bits per heavy atom. The van der Waals surface area contributed by atoms with Crippen LogP contribution in [-0.4, -0.2) is 41.2 Å². The average Bonchev–Trinajstić information content (AvgIpc) is 2.17. The van der Waals surface area contributed by atoms with E-state index >= 15 is 0 Å². The molecule has 0 aromatic rings. The first kappa shape index (κ1) is 14.8. The molecule has 0 spiro atoms. The van der Waals surface area contributed by atoms with Gasteiger partial charge in [-0.25, -0.2) is 4.79 Å². The summed E-state index contributed by atoms with van der Waals surface area (Å²) in [5, 5.41) is 2.43. The van der Waals surface area contributed by atoms with Gasteiger partial charge in [0.2, 0.25) is 6.29 Å². The lowest BCUT2D eigenvalue weighted by molar-refractivity contribution is -0.0537. The molecule has 86 valence electrons. The zero-order chi connectivity index (χ0) is 12.0. The van der Waals surface area contributed by atoms with Crippen molar-refractivity contribution in [2.75, 3.05) is 14.2 Å². The number of amides is 2. The molecule has 1 N–H and O–H groups in total. The highest BCUT2D eigenvalue weighted by molar-refractivity contribution is 7.81. The lowest BCUT2D eigenvalue weighted by Crippen LogP contribution is -2.43. The molecule has 0 saturated heterocycles. The number of carbonyl (C=O) groups is 1. The minimum Gasteiger partial charge on any atom is -0.350 e. The van der Waals surface area contributed by atoms with Gasteiger partial charge in [-0.2, -0.15) is 0 Å². The van der Waals surface area contributed by atoms with E-state index in [1.54, 1.807) is 6.92 Å². The van der Waals surface area contributed by atoms with E-state index in [0.717, 1.165) is 4.67 Å². The van der Waals surface area contributed by atoms with Crippen LogP contribution in [0.1, 0.15) is 6.92 Å². The molecule has 15 heavy (non-hydrogen) atoms. The Morgan fingerprint density at radius 2 is 1.87 bits per heavy atom. The van der Waals surface area contributed by atoms with Crippen molar-refractivity contribution in [3.05, 3.63) is 0 Å². The average molecular weight is 268 g/mol. The summed E-state index contributed by atoms with van der Waals surface area (Å²) in [4.78, 5) is 12.0. The lowest BCUT2D eigenvalue weighted by atomic mass is 10.6. The van der Waals surface area contributed by atoms with E-state index in [1.165, 1.54) is 14.2 Å². The second-order valence-corrected chi connectivity index (χ2v) is 4.04. The zero-order valence-corrected chi connectivity index (χ0v) is 11.4. The van der Waals surface area contributed by atoms with E-state index in [-0.39, 0.29) is 4.99 Å². The van der Waals surface area contributed by atoms with Gasteiger partial charge < -0.3 is 14.8 Å². The summed E-state index contributed by atoms with van der Waals surface area (Å²) in [6, 6.07) is -0.448. The molecule has 0 radical (unpaired) electrons. The maximum Gasteiger partial charge on any atom is 0.330 e. The monoisotopic (exact) mass is 268 g/mol. The van der Waals surface area contributed by atoms with Crippen molar-refractivity contribution in [2.45, 2.75) is 13.2 Å². The van der Waals surface area contributed by atoms with Crippen molar-refractivity contribution in [3.8, 4) is 0 Å². The van der Waals surface area contributed by atoms with Crippen LogP contribution in [-0.2, 0) is 9.47 Å². The molecule has 0 aliphatic rings. The molecule has 0 fully saturated rings. The van der Waals surface area contributed by atoms with Crippen LogP contribution in [0.2, 0.25) is 0 Å². The van der Waals surface area contributed by atoms with Crippen LogP contribution in [0.15, 0.2) is 0 Å². The molecule has 0 aliphatic heterocycles. The van der Waals surface area contributed by atoms with Crippen molar-refractivity contribution in [1.82, 2.24) is 9.99 Å². The fraction of sp³-hybridized carbons (Fsp3) is 0.571. The molecule has 0 aromatic heterocycles. The first-order chi connectivity index (χ1) is 6.93. The van der Waals surface area contributed by atoms with Crippen LogP contribution in [0.5, 0.6) is 0 Å². The van der Waals surface area contributed by atoms with Gasteiger partial charge in [0.05, 0.1) is 4.99 Å². The summed E-state index contributed by atoms with van der Waals surface area (Å²) in [6.07, 6.45) is -0.742. The van der Waals surface area contributed by atoms with Gasteiger partial charge in [-0.3, -0.25) is 4.67 Å². The van der Waals surface area contributed by atoms with Gasteiger partial charge in [-0.1, -0.05) is 24.4 Å². The predicted octanol–water partition coefficient (Wildman–Crippen LogP) is 1.08. The van der Waals surface area contributed by atoms with Crippen LogP contribution >= 0.6 is 33.8 Å². The van der Waals surface area contributed by atoms with Crippen LogP contribution in [0.3, 0.4) is 0 Å². The minimum absolute atomic E-state index is 0.193. The number of thiocarbonyl (C=S) groups is 2. The van der Waals surface area contributed by atoms with Gasteiger partial charge in [0.1, 0.15) is 4.99 Å². The van der Waals surface area contributed by atoms with E-state index in [9.17, 15) is 4.79 Å². The summed E-state index contributed by atoms with van der Waals surface area (Å²) >= 11 is 9.70. The van der Waals surface area contributed by atoms with Gasteiger partial charge >= 0.3 is 6.03 Å². The molecule has 1 atom stereocenters. The highest BCUT2D eigenvalue weighted by Crippen LogP contribution is 2.08. The molecular formula is C7H13N2O3PS2. The number of urea groups is 1. The van der Waals surface area contributed by atoms with Crippen molar-refractivity contribution >= 4 is 49.8 Å². The van der Waals surface area contributed by atoms with Crippen molar-refractivity contribution in [1.29, 1.82) is 0 Å². The smallest absolute Gasteiger partial charge is 0.330 e. The van der Waals surface area contributed by atoms with Crippen LogP contribution in [0.25, 0.3) is 0 Å². The van der Waals surface area contributed by atoms with Crippen molar-refractivity contribution in [2.24, 2.45) is 0 Å². The number of ether oxygens (including phenoxy) is 2. The molecule has 0 bridgehead atoms. The maximum atomic E-state index is 11.4. The molecule has 5 nitrogen and oxygen atoms in total. The molecule has 1 unspecified atom stereocenters. The molecule has 0 saturated carbocycles. The van der Waals surface area contributed by atoms with Gasteiger partial charge in [0.25, 0.3) is 0 Å². The quantitative estimate of drug-likeness (QED) is 0.471. The number of hydrogen-bond donors (Lipinski definition) is 1. The Morgan fingerprint density at radius 1 is 1.40 bits per heavy atom. The normalized spacial score (nSPS) is 9.93. The van der Waals surface area contributed by atoms with Gasteiger partial charge in [-0.15, -0.1) is 0 Å². The predicted molar refractivity (Wildman–Crippen MR) is 68.8 cm³/mol. The van der Waals surface area contributed by atoms with E-state index in [0.29, 0.717) is 4.99 Å². The maximum absolute atomic E-state index is 11.4. The molecular weight excluding hydrogens is 255 g/mol. The molecule has 0 heterocycles. The Hall–Kier alpha value is -0.200. The highest BCUT2D eigenvalue weighted by atomic mass is 32.1. The number of carbonyl (C=O) groups excluding carboxylic acids is 1. The topological polar surface area (TPSA) is 50.8 Å². The SMILES string of the molecule is COC(OC)C(=S)N(P)C(=O)NC(C)=S. The van der Waals surface area contributed by atoms with Crippen LogP contribution in [0, 0.1) is 0 Å². The first-order valence-corrected chi connectivity index (χ1v) is 5.23. The Bertz CT molecular complexity index is 271. The number of nitrogens with one attached hydrogen (secondary N) is 1.